The Hall–Kier alpha value is -3.42. The number of rotatable bonds is 7. The third kappa shape index (κ3) is 4.36. The van der Waals surface area contributed by atoms with Crippen molar-refractivity contribution in [1.29, 1.82) is 0 Å². The van der Waals surface area contributed by atoms with E-state index in [1.807, 2.05) is 0 Å². The summed E-state index contributed by atoms with van der Waals surface area (Å²) in [6.45, 7) is 2.67. The molecule has 0 unspecified atom stereocenters. The van der Waals surface area contributed by atoms with Gasteiger partial charge in [-0.2, -0.15) is 13.2 Å². The summed E-state index contributed by atoms with van der Waals surface area (Å²) in [6.07, 6.45) is -2.11. The van der Waals surface area contributed by atoms with Crippen molar-refractivity contribution in [2.75, 3.05) is 24.8 Å². The molecule has 0 aliphatic rings. The number of pyridine rings is 2. The second kappa shape index (κ2) is 9.08. The SMILES string of the molecule is CCn1c(C(F)(F)F)cc2nc(-c3ncc(N(C)/C=N/OC)cc3S(=O)(=O)CC)n(C)c2c1=O. The fourth-order valence-electron chi connectivity index (χ4n) is 3.45. The van der Waals surface area contributed by atoms with E-state index >= 15 is 0 Å². The van der Waals surface area contributed by atoms with Crippen molar-refractivity contribution >= 4 is 32.9 Å². The minimum Gasteiger partial charge on any atom is -0.398 e. The number of aryl methyl sites for hydroxylation is 1. The van der Waals surface area contributed by atoms with E-state index in [9.17, 15) is 26.4 Å². The zero-order valence-electron chi connectivity index (χ0n) is 19.1. The molecule has 184 valence electrons. The van der Waals surface area contributed by atoms with Gasteiger partial charge in [-0.25, -0.2) is 18.4 Å². The maximum Gasteiger partial charge on any atom is 0.431 e. The molecule has 3 heterocycles. The van der Waals surface area contributed by atoms with Gasteiger partial charge in [0.15, 0.2) is 15.7 Å². The van der Waals surface area contributed by atoms with Crippen LogP contribution in [0.5, 0.6) is 0 Å². The Bertz CT molecular complexity index is 1430. The number of anilines is 1. The molecule has 0 aromatic carbocycles. The lowest BCUT2D eigenvalue weighted by Gasteiger charge is -2.16. The number of oxime groups is 1. The number of aromatic nitrogens is 4. The van der Waals surface area contributed by atoms with E-state index in [1.165, 1.54) is 56.1 Å². The molecule has 0 aliphatic carbocycles. The van der Waals surface area contributed by atoms with E-state index < -0.39 is 27.3 Å². The van der Waals surface area contributed by atoms with Crippen molar-refractivity contribution in [2.45, 2.75) is 31.5 Å². The van der Waals surface area contributed by atoms with E-state index in [2.05, 4.69) is 20.0 Å². The number of halogens is 3. The fourth-order valence-corrected chi connectivity index (χ4v) is 4.50. The Morgan fingerprint density at radius 2 is 1.94 bits per heavy atom. The maximum atomic E-state index is 13.5. The highest BCUT2D eigenvalue weighted by molar-refractivity contribution is 7.91. The summed E-state index contributed by atoms with van der Waals surface area (Å²) < 4.78 is 68.3. The van der Waals surface area contributed by atoms with Crippen LogP contribution in [0.15, 0.2) is 33.2 Å². The van der Waals surface area contributed by atoms with Crippen LogP contribution in [0.3, 0.4) is 0 Å². The van der Waals surface area contributed by atoms with E-state index in [1.54, 1.807) is 7.05 Å². The van der Waals surface area contributed by atoms with Crippen molar-refractivity contribution in [3.8, 4) is 11.5 Å². The van der Waals surface area contributed by atoms with Gasteiger partial charge in [-0.3, -0.25) is 4.79 Å². The van der Waals surface area contributed by atoms with Crippen molar-refractivity contribution in [1.82, 2.24) is 19.1 Å². The second-order valence-electron chi connectivity index (χ2n) is 7.26. The van der Waals surface area contributed by atoms with Gasteiger partial charge < -0.3 is 18.9 Å². The average Bonchev–Trinajstić information content (AvgIpc) is 3.12. The predicted octanol–water partition coefficient (Wildman–Crippen LogP) is 2.66. The molecular weight excluding hydrogens is 477 g/mol. The molecule has 0 spiro atoms. The normalized spacial score (nSPS) is 12.6. The van der Waals surface area contributed by atoms with Gasteiger partial charge in [0, 0.05) is 20.6 Å². The highest BCUT2D eigenvalue weighted by Crippen LogP contribution is 2.33. The summed E-state index contributed by atoms with van der Waals surface area (Å²) in [5, 5.41) is 3.62. The summed E-state index contributed by atoms with van der Waals surface area (Å²) in [5.74, 6) is -0.313. The van der Waals surface area contributed by atoms with Crippen LogP contribution in [0.1, 0.15) is 19.5 Å². The van der Waals surface area contributed by atoms with Gasteiger partial charge in [-0.1, -0.05) is 12.1 Å². The minimum atomic E-state index is -4.77. The molecule has 3 rings (SSSR count). The van der Waals surface area contributed by atoms with Gasteiger partial charge >= 0.3 is 6.18 Å². The molecule has 0 aliphatic heterocycles. The third-order valence-electron chi connectivity index (χ3n) is 5.24. The highest BCUT2D eigenvalue weighted by Gasteiger charge is 2.36. The summed E-state index contributed by atoms with van der Waals surface area (Å²) in [4.78, 5) is 27.3. The van der Waals surface area contributed by atoms with Crippen LogP contribution in [0.2, 0.25) is 0 Å². The first kappa shape index (κ1) is 25.2. The third-order valence-corrected chi connectivity index (χ3v) is 6.98. The van der Waals surface area contributed by atoms with Gasteiger partial charge in [-0.05, 0) is 19.1 Å². The topological polar surface area (TPSA) is 112 Å². The molecule has 3 aromatic rings. The summed E-state index contributed by atoms with van der Waals surface area (Å²) in [5.41, 5.74) is -2.06. The Balaban J connectivity index is 2.35. The molecule has 0 atom stereocenters. The summed E-state index contributed by atoms with van der Waals surface area (Å²) in [6, 6.07) is 2.13. The molecule has 34 heavy (non-hydrogen) atoms. The fraction of sp³-hybridized carbons (Fsp3) is 0.400. The van der Waals surface area contributed by atoms with Crippen molar-refractivity contribution < 1.29 is 26.4 Å². The number of imidazole rings is 1. The number of fused-ring (bicyclic) bond motifs is 1. The largest absolute Gasteiger partial charge is 0.431 e. The molecule has 10 nitrogen and oxygen atoms in total. The van der Waals surface area contributed by atoms with Crippen molar-refractivity contribution in [3.05, 3.63) is 34.4 Å². The lowest BCUT2D eigenvalue weighted by molar-refractivity contribution is -0.144. The number of sulfone groups is 1. The molecule has 0 N–H and O–H groups in total. The lowest BCUT2D eigenvalue weighted by atomic mass is 10.3. The molecule has 14 heteroatoms. The Kier molecular flexibility index (Phi) is 6.73. The average molecular weight is 501 g/mol. The minimum absolute atomic E-state index is 0.0548. The van der Waals surface area contributed by atoms with E-state index in [4.69, 9.17) is 0 Å². The van der Waals surface area contributed by atoms with E-state index in [-0.39, 0.29) is 39.7 Å². The lowest BCUT2D eigenvalue weighted by Crippen LogP contribution is -2.28. The molecule has 3 aromatic heterocycles. The Labute approximate surface area is 193 Å². The maximum absolute atomic E-state index is 13.5. The first-order valence-electron chi connectivity index (χ1n) is 10.1. The van der Waals surface area contributed by atoms with Gasteiger partial charge in [-0.15, -0.1) is 0 Å². The molecule has 0 amide bonds. The van der Waals surface area contributed by atoms with Gasteiger partial charge in [0.25, 0.3) is 5.56 Å². The van der Waals surface area contributed by atoms with Crippen LogP contribution in [-0.2, 0) is 34.4 Å². The number of alkyl halides is 3. The van der Waals surface area contributed by atoms with Crippen LogP contribution in [-0.4, -0.2) is 53.8 Å². The van der Waals surface area contributed by atoms with Crippen LogP contribution in [0, 0.1) is 0 Å². The van der Waals surface area contributed by atoms with Gasteiger partial charge in [0.1, 0.15) is 30.4 Å². The second-order valence-corrected chi connectivity index (χ2v) is 9.51. The number of hydrogen-bond donors (Lipinski definition) is 0. The first-order chi connectivity index (χ1) is 15.9. The first-order valence-corrected chi connectivity index (χ1v) is 11.7. The van der Waals surface area contributed by atoms with E-state index in [0.717, 1.165) is 6.07 Å². The van der Waals surface area contributed by atoms with Crippen LogP contribution >= 0.6 is 0 Å². The zero-order chi connectivity index (χ0) is 25.4. The van der Waals surface area contributed by atoms with Gasteiger partial charge in [0.2, 0.25) is 0 Å². The zero-order valence-corrected chi connectivity index (χ0v) is 19.9. The molecule has 0 radical (unpaired) electrons. The standard InChI is InChI=1S/C20H23F3N6O4S/c1-6-29-15(20(21,22)23)9-13-17(19(29)30)28(4)18(26-13)16-14(34(31,32)7-2)8-12(10-24-16)27(3)11-25-33-5/h8-11H,6-7H2,1-5H3/b25-11+. The molecular formula is C20H23F3N6O4S. The molecule has 0 saturated carbocycles. The summed E-state index contributed by atoms with van der Waals surface area (Å²) >= 11 is 0. The highest BCUT2D eigenvalue weighted by atomic mass is 32.2. The van der Waals surface area contributed by atoms with Crippen LogP contribution < -0.4 is 10.5 Å². The summed E-state index contributed by atoms with van der Waals surface area (Å²) in [7, 11) is 0.530. The van der Waals surface area contributed by atoms with Crippen LogP contribution in [0.4, 0.5) is 18.9 Å². The predicted molar refractivity (Wildman–Crippen MR) is 121 cm³/mol. The molecule has 0 fully saturated rings. The molecule has 0 saturated heterocycles. The monoisotopic (exact) mass is 500 g/mol. The van der Waals surface area contributed by atoms with Crippen LogP contribution in [0.25, 0.3) is 22.6 Å². The Morgan fingerprint density at radius 3 is 2.50 bits per heavy atom. The smallest absolute Gasteiger partial charge is 0.398 e. The number of nitrogens with zero attached hydrogens (tertiary/aromatic N) is 6. The van der Waals surface area contributed by atoms with Crippen molar-refractivity contribution in [2.24, 2.45) is 12.2 Å². The van der Waals surface area contributed by atoms with Gasteiger partial charge in [0.05, 0.1) is 28.0 Å². The molecule has 0 bridgehead atoms. The van der Waals surface area contributed by atoms with Crippen molar-refractivity contribution in [3.63, 3.8) is 0 Å². The Morgan fingerprint density at radius 1 is 1.26 bits per heavy atom. The number of hydrogen-bond acceptors (Lipinski definition) is 7. The van der Waals surface area contributed by atoms with E-state index in [0.29, 0.717) is 10.3 Å². The quantitative estimate of drug-likeness (QED) is 0.279.